The third kappa shape index (κ3) is 4.28. The van der Waals surface area contributed by atoms with Crippen LogP contribution in [0, 0.1) is 29.9 Å². The maximum atomic E-state index is 12.0. The van der Waals surface area contributed by atoms with Gasteiger partial charge in [0.15, 0.2) is 0 Å². The number of nitrogens with one attached hydrogen (secondary N) is 1. The Bertz CT molecular complexity index is 576. The van der Waals surface area contributed by atoms with E-state index < -0.39 is 4.92 Å². The number of aryl methyl sites for hydroxylation is 2. The summed E-state index contributed by atoms with van der Waals surface area (Å²) < 4.78 is 1.52. The minimum atomic E-state index is -0.437. The maximum Gasteiger partial charge on any atom is 0.312 e. The molecular formula is C15H24N4O4. The number of aliphatic hydroxyl groups is 1. The zero-order valence-corrected chi connectivity index (χ0v) is 13.6. The molecule has 0 saturated heterocycles. The third-order valence-corrected chi connectivity index (χ3v) is 4.55. The lowest BCUT2D eigenvalue weighted by molar-refractivity contribution is -0.386. The van der Waals surface area contributed by atoms with E-state index in [1.54, 1.807) is 13.8 Å². The summed E-state index contributed by atoms with van der Waals surface area (Å²) in [4.78, 5) is 22.6. The van der Waals surface area contributed by atoms with E-state index in [0.29, 0.717) is 23.9 Å². The summed E-state index contributed by atoms with van der Waals surface area (Å²) in [6.45, 7) is 3.79. The van der Waals surface area contributed by atoms with E-state index in [-0.39, 0.29) is 30.7 Å². The lowest BCUT2D eigenvalue weighted by Gasteiger charge is -2.27. The molecule has 1 aromatic heterocycles. The van der Waals surface area contributed by atoms with Gasteiger partial charge in [0.1, 0.15) is 11.4 Å². The molecule has 1 amide bonds. The Hall–Kier alpha value is -1.96. The summed E-state index contributed by atoms with van der Waals surface area (Å²) in [5.74, 6) is 0.297. The fourth-order valence-corrected chi connectivity index (χ4v) is 3.17. The summed E-state index contributed by atoms with van der Waals surface area (Å²) in [6.07, 6.45) is 3.90. The van der Waals surface area contributed by atoms with Crippen molar-refractivity contribution in [3.05, 3.63) is 21.5 Å². The van der Waals surface area contributed by atoms with Crippen molar-refractivity contribution in [1.29, 1.82) is 0 Å². The highest BCUT2D eigenvalue weighted by Gasteiger charge is 2.23. The highest BCUT2D eigenvalue weighted by Crippen LogP contribution is 2.24. The van der Waals surface area contributed by atoms with Crippen LogP contribution in [0.1, 0.15) is 43.5 Å². The van der Waals surface area contributed by atoms with E-state index in [4.69, 9.17) is 5.11 Å². The lowest BCUT2D eigenvalue weighted by atomic mass is 9.86. The van der Waals surface area contributed by atoms with Gasteiger partial charge in [-0.2, -0.15) is 5.10 Å². The smallest absolute Gasteiger partial charge is 0.312 e. The van der Waals surface area contributed by atoms with Gasteiger partial charge in [0.2, 0.25) is 5.91 Å². The molecule has 0 bridgehead atoms. The molecule has 2 rings (SSSR count). The Morgan fingerprint density at radius 2 is 2.04 bits per heavy atom. The van der Waals surface area contributed by atoms with E-state index in [9.17, 15) is 14.9 Å². The van der Waals surface area contributed by atoms with Gasteiger partial charge in [0.25, 0.3) is 0 Å². The predicted octanol–water partition coefficient (Wildman–Crippen LogP) is 1.47. The fourth-order valence-electron chi connectivity index (χ4n) is 3.17. The molecule has 1 aromatic rings. The van der Waals surface area contributed by atoms with E-state index in [1.807, 2.05) is 0 Å². The summed E-state index contributed by atoms with van der Waals surface area (Å²) >= 11 is 0. The second kappa shape index (κ2) is 7.54. The standard InChI is InChI=1S/C15H24N4O4/c1-10-15(19(22)23)11(2)18(17-10)8-7-14(21)16-13-5-3-12(9-20)4-6-13/h12-13,20H,3-9H2,1-2H3,(H,16,21). The van der Waals surface area contributed by atoms with Crippen LogP contribution >= 0.6 is 0 Å². The largest absolute Gasteiger partial charge is 0.396 e. The molecule has 0 aliphatic heterocycles. The Morgan fingerprint density at radius 1 is 1.39 bits per heavy atom. The van der Waals surface area contributed by atoms with Gasteiger partial charge in [-0.1, -0.05) is 0 Å². The number of carbonyl (C=O) groups excluding carboxylic acids is 1. The fraction of sp³-hybridized carbons (Fsp3) is 0.733. The topological polar surface area (TPSA) is 110 Å². The number of amides is 1. The molecule has 0 unspecified atom stereocenters. The number of nitrogens with zero attached hydrogens (tertiary/aromatic N) is 3. The zero-order chi connectivity index (χ0) is 17.0. The van der Waals surface area contributed by atoms with Crippen LogP contribution in [0.5, 0.6) is 0 Å². The zero-order valence-electron chi connectivity index (χ0n) is 13.6. The van der Waals surface area contributed by atoms with Crippen molar-refractivity contribution in [3.63, 3.8) is 0 Å². The van der Waals surface area contributed by atoms with Gasteiger partial charge in [-0.25, -0.2) is 0 Å². The number of rotatable bonds is 6. The normalized spacial score (nSPS) is 21.2. The highest BCUT2D eigenvalue weighted by atomic mass is 16.6. The van der Waals surface area contributed by atoms with Gasteiger partial charge in [-0.15, -0.1) is 0 Å². The van der Waals surface area contributed by atoms with Gasteiger partial charge in [-0.3, -0.25) is 19.6 Å². The van der Waals surface area contributed by atoms with Crippen molar-refractivity contribution in [1.82, 2.24) is 15.1 Å². The van der Waals surface area contributed by atoms with Crippen LogP contribution in [0.3, 0.4) is 0 Å². The van der Waals surface area contributed by atoms with Crippen LogP contribution in [-0.4, -0.2) is 38.4 Å². The predicted molar refractivity (Wildman–Crippen MR) is 83.9 cm³/mol. The Labute approximate surface area is 135 Å². The number of hydrogen-bond acceptors (Lipinski definition) is 5. The molecule has 1 aliphatic carbocycles. The number of aromatic nitrogens is 2. The average molecular weight is 324 g/mol. The van der Waals surface area contributed by atoms with Crippen LogP contribution in [0.4, 0.5) is 5.69 Å². The van der Waals surface area contributed by atoms with Crippen LogP contribution in [0.15, 0.2) is 0 Å². The molecule has 8 nitrogen and oxygen atoms in total. The monoisotopic (exact) mass is 324 g/mol. The Balaban J connectivity index is 1.83. The van der Waals surface area contributed by atoms with Gasteiger partial charge < -0.3 is 10.4 Å². The number of nitro groups is 1. The Morgan fingerprint density at radius 3 is 2.57 bits per heavy atom. The number of aliphatic hydroxyl groups excluding tert-OH is 1. The quantitative estimate of drug-likeness (QED) is 0.608. The number of hydrogen-bond donors (Lipinski definition) is 2. The third-order valence-electron chi connectivity index (χ3n) is 4.55. The Kier molecular flexibility index (Phi) is 5.70. The summed E-state index contributed by atoms with van der Waals surface area (Å²) in [7, 11) is 0. The first-order chi connectivity index (χ1) is 10.9. The van der Waals surface area contributed by atoms with Crippen LogP contribution in [0.25, 0.3) is 0 Å². The molecule has 1 fully saturated rings. The summed E-state index contributed by atoms with van der Waals surface area (Å²) in [5.41, 5.74) is 0.867. The van der Waals surface area contributed by atoms with Gasteiger partial charge in [0.05, 0.1) is 11.5 Å². The van der Waals surface area contributed by atoms with Crippen molar-refractivity contribution in [2.24, 2.45) is 5.92 Å². The summed E-state index contributed by atoms with van der Waals surface area (Å²) in [6, 6.07) is 0.167. The van der Waals surface area contributed by atoms with Crippen molar-refractivity contribution in [2.75, 3.05) is 6.61 Å². The molecule has 8 heteroatoms. The van der Waals surface area contributed by atoms with Crippen LogP contribution in [-0.2, 0) is 11.3 Å². The van der Waals surface area contributed by atoms with Crippen molar-refractivity contribution < 1.29 is 14.8 Å². The van der Waals surface area contributed by atoms with Gasteiger partial charge in [0, 0.05) is 19.1 Å². The molecule has 1 aliphatic rings. The first-order valence-corrected chi connectivity index (χ1v) is 8.01. The van der Waals surface area contributed by atoms with Crippen molar-refractivity contribution in [2.45, 2.75) is 58.5 Å². The average Bonchev–Trinajstić information content (AvgIpc) is 2.80. The van der Waals surface area contributed by atoms with E-state index >= 15 is 0 Å². The maximum absolute atomic E-state index is 12.0. The molecule has 0 spiro atoms. The van der Waals surface area contributed by atoms with E-state index in [0.717, 1.165) is 25.7 Å². The van der Waals surface area contributed by atoms with E-state index in [1.165, 1.54) is 4.68 Å². The van der Waals surface area contributed by atoms with E-state index in [2.05, 4.69) is 10.4 Å². The molecule has 2 N–H and O–H groups in total. The first kappa shape index (κ1) is 17.4. The molecule has 0 atom stereocenters. The SMILES string of the molecule is Cc1nn(CCC(=O)NC2CCC(CO)CC2)c(C)c1[N+](=O)[O-]. The van der Waals surface area contributed by atoms with Crippen LogP contribution < -0.4 is 5.32 Å². The van der Waals surface area contributed by atoms with Gasteiger partial charge >= 0.3 is 5.69 Å². The molecule has 128 valence electrons. The highest BCUT2D eigenvalue weighted by molar-refractivity contribution is 5.76. The molecule has 1 heterocycles. The number of carbonyl (C=O) groups is 1. The molecule has 0 radical (unpaired) electrons. The second-order valence-electron chi connectivity index (χ2n) is 6.22. The minimum absolute atomic E-state index is 0.0210. The first-order valence-electron chi connectivity index (χ1n) is 8.01. The second-order valence-corrected chi connectivity index (χ2v) is 6.22. The molecule has 1 saturated carbocycles. The van der Waals surface area contributed by atoms with Crippen LogP contribution in [0.2, 0.25) is 0 Å². The van der Waals surface area contributed by atoms with Crippen molar-refractivity contribution >= 4 is 11.6 Å². The lowest BCUT2D eigenvalue weighted by Crippen LogP contribution is -2.38. The van der Waals surface area contributed by atoms with Crippen molar-refractivity contribution in [3.8, 4) is 0 Å². The summed E-state index contributed by atoms with van der Waals surface area (Å²) in [5, 5.41) is 27.2. The molecular weight excluding hydrogens is 300 g/mol. The molecule has 23 heavy (non-hydrogen) atoms. The minimum Gasteiger partial charge on any atom is -0.396 e. The molecule has 0 aromatic carbocycles. The van der Waals surface area contributed by atoms with Gasteiger partial charge in [-0.05, 0) is 45.4 Å².